The number of carbonyl (C=O) groups excluding carboxylic acids is 1. The van der Waals surface area contributed by atoms with Gasteiger partial charge in [-0.25, -0.2) is 0 Å². The van der Waals surface area contributed by atoms with Crippen molar-refractivity contribution in [2.24, 2.45) is 0 Å². The van der Waals surface area contributed by atoms with Crippen LogP contribution in [-0.4, -0.2) is 68.5 Å². The summed E-state index contributed by atoms with van der Waals surface area (Å²) in [6, 6.07) is -0.786. The van der Waals surface area contributed by atoms with Crippen molar-refractivity contribution in [2.45, 2.75) is 135 Å². The Hall–Kier alpha value is -0.500. The predicted molar refractivity (Wildman–Crippen MR) is 150 cm³/mol. The molecule has 0 rings (SSSR count). The Morgan fingerprint density at radius 1 is 0.838 bits per heavy atom. The van der Waals surface area contributed by atoms with E-state index in [-0.39, 0.29) is 19.1 Å². The molecule has 222 valence electrons. The van der Waals surface area contributed by atoms with Gasteiger partial charge in [-0.3, -0.25) is 9.36 Å². The maximum atomic E-state index is 12.6. The van der Waals surface area contributed by atoms with Gasteiger partial charge in [-0.2, -0.15) is 0 Å². The Morgan fingerprint density at radius 3 is 1.84 bits per heavy atom. The number of amides is 1. The van der Waals surface area contributed by atoms with Crippen molar-refractivity contribution in [1.82, 2.24) is 5.32 Å². The number of hydrogen-bond donors (Lipinski definition) is 2. The van der Waals surface area contributed by atoms with Crippen LogP contribution in [0, 0.1) is 0 Å². The van der Waals surface area contributed by atoms with Crippen molar-refractivity contribution in [3.8, 4) is 0 Å². The van der Waals surface area contributed by atoms with Crippen LogP contribution in [0.25, 0.3) is 0 Å². The third-order valence-corrected chi connectivity index (χ3v) is 7.56. The number of hydrogen-bond acceptors (Lipinski definition) is 6. The molecule has 3 atom stereocenters. The number of aliphatic hydroxyl groups excluding tert-OH is 1. The normalized spacial score (nSPS) is 15.3. The smallest absolute Gasteiger partial charge is 0.268 e. The van der Waals surface area contributed by atoms with Gasteiger partial charge in [0, 0.05) is 6.42 Å². The van der Waals surface area contributed by atoms with Crippen LogP contribution >= 0.6 is 7.82 Å². The van der Waals surface area contributed by atoms with Gasteiger partial charge in [0.25, 0.3) is 7.82 Å². The maximum absolute atomic E-state index is 12.6. The lowest BCUT2D eigenvalue weighted by molar-refractivity contribution is -0.870. The molecule has 0 aromatic carbocycles. The molecular weight excluding hydrogens is 491 g/mol. The second kappa shape index (κ2) is 22.3. The highest BCUT2D eigenvalue weighted by Crippen LogP contribution is 2.38. The van der Waals surface area contributed by atoms with Crippen molar-refractivity contribution in [3.05, 3.63) is 0 Å². The molecule has 0 heterocycles. The van der Waals surface area contributed by atoms with Crippen molar-refractivity contribution in [2.75, 3.05) is 40.9 Å². The number of nitrogens with one attached hydrogen (secondary N) is 1. The van der Waals surface area contributed by atoms with Gasteiger partial charge < -0.3 is 28.8 Å². The molecule has 0 aliphatic carbocycles. The summed E-state index contributed by atoms with van der Waals surface area (Å²) in [5.41, 5.74) is 0. The van der Waals surface area contributed by atoms with Crippen LogP contribution < -0.4 is 10.2 Å². The van der Waals surface area contributed by atoms with Gasteiger partial charge >= 0.3 is 0 Å². The molecular formula is C28H59N2O6P. The molecule has 0 aromatic heterocycles. The lowest BCUT2D eigenvalue weighted by Gasteiger charge is -2.30. The number of carbonyl (C=O) groups is 1. The molecule has 1 amide bonds. The summed E-state index contributed by atoms with van der Waals surface area (Å²) in [7, 11) is 1.30. The molecule has 9 heteroatoms. The Bertz CT molecular complexity index is 600. The molecule has 0 radical (unpaired) electrons. The van der Waals surface area contributed by atoms with E-state index in [0.29, 0.717) is 23.9 Å². The number of phosphoric ester groups is 1. The number of aliphatic hydroxyl groups is 1. The molecule has 0 saturated carbocycles. The second-order valence-corrected chi connectivity index (χ2v) is 12.9. The number of unbranched alkanes of at least 4 members (excludes halogenated alkanes) is 13. The third kappa shape index (κ3) is 24.3. The van der Waals surface area contributed by atoms with E-state index < -0.39 is 20.0 Å². The van der Waals surface area contributed by atoms with E-state index in [1.807, 2.05) is 21.1 Å². The fourth-order valence-electron chi connectivity index (χ4n) is 4.09. The van der Waals surface area contributed by atoms with E-state index in [9.17, 15) is 19.4 Å². The molecule has 0 aromatic rings. The van der Waals surface area contributed by atoms with Crippen LogP contribution in [0.15, 0.2) is 0 Å². The molecule has 0 aliphatic rings. The summed E-state index contributed by atoms with van der Waals surface area (Å²) < 4.78 is 22.9. The topological polar surface area (TPSA) is 108 Å². The summed E-state index contributed by atoms with van der Waals surface area (Å²) in [4.78, 5) is 24.8. The minimum atomic E-state index is -4.53. The molecule has 0 saturated heterocycles. The summed E-state index contributed by atoms with van der Waals surface area (Å²) in [5, 5.41) is 13.6. The largest absolute Gasteiger partial charge is 0.756 e. The maximum Gasteiger partial charge on any atom is 0.268 e. The molecule has 0 fully saturated rings. The molecule has 3 unspecified atom stereocenters. The van der Waals surface area contributed by atoms with Crippen LogP contribution in [0.1, 0.15) is 123 Å². The van der Waals surface area contributed by atoms with E-state index in [0.717, 1.165) is 38.5 Å². The van der Waals surface area contributed by atoms with Gasteiger partial charge in [0.15, 0.2) is 0 Å². The lowest BCUT2D eigenvalue weighted by atomic mass is 10.0. The molecule has 0 bridgehead atoms. The highest BCUT2D eigenvalue weighted by molar-refractivity contribution is 7.45. The van der Waals surface area contributed by atoms with Gasteiger partial charge in [0.1, 0.15) is 13.2 Å². The van der Waals surface area contributed by atoms with Crippen LogP contribution in [0.5, 0.6) is 0 Å². The first-order chi connectivity index (χ1) is 17.5. The van der Waals surface area contributed by atoms with E-state index in [4.69, 9.17) is 9.05 Å². The van der Waals surface area contributed by atoms with Gasteiger partial charge in [-0.1, -0.05) is 104 Å². The average Bonchev–Trinajstić information content (AvgIpc) is 2.81. The monoisotopic (exact) mass is 550 g/mol. The SMILES string of the molecule is CCCCCCCCCCC(=O)NC(COP(=O)([O-])OCC[N+](C)(C)C)C(O)CCCCCCCCC. The van der Waals surface area contributed by atoms with E-state index >= 15 is 0 Å². The van der Waals surface area contributed by atoms with Crippen LogP contribution in [0.2, 0.25) is 0 Å². The minimum Gasteiger partial charge on any atom is -0.756 e. The first-order valence-electron chi connectivity index (χ1n) is 14.9. The molecule has 0 aliphatic heterocycles. The highest BCUT2D eigenvalue weighted by Gasteiger charge is 2.24. The van der Waals surface area contributed by atoms with Crippen LogP contribution in [0.4, 0.5) is 0 Å². The summed E-state index contributed by atoms with van der Waals surface area (Å²) >= 11 is 0. The molecule has 0 spiro atoms. The zero-order valence-corrected chi connectivity index (χ0v) is 25.6. The van der Waals surface area contributed by atoms with E-state index in [1.54, 1.807) is 0 Å². The third-order valence-electron chi connectivity index (χ3n) is 6.60. The van der Waals surface area contributed by atoms with Crippen molar-refractivity contribution < 1.29 is 32.9 Å². The Balaban J connectivity index is 4.61. The Labute approximate surface area is 228 Å². The van der Waals surface area contributed by atoms with Crippen molar-refractivity contribution in [3.63, 3.8) is 0 Å². The average molecular weight is 551 g/mol. The van der Waals surface area contributed by atoms with Gasteiger partial charge in [0.05, 0.1) is 39.9 Å². The predicted octanol–water partition coefficient (Wildman–Crippen LogP) is 5.71. The van der Waals surface area contributed by atoms with Crippen molar-refractivity contribution in [1.29, 1.82) is 0 Å². The van der Waals surface area contributed by atoms with Gasteiger partial charge in [0.2, 0.25) is 5.91 Å². The first kappa shape index (κ1) is 36.5. The quantitative estimate of drug-likeness (QED) is 0.0811. The van der Waals surface area contributed by atoms with Crippen LogP contribution in [0.3, 0.4) is 0 Å². The van der Waals surface area contributed by atoms with E-state index in [1.165, 1.54) is 57.8 Å². The number of likely N-dealkylation sites (N-methyl/N-ethyl adjacent to an activating group) is 1. The van der Waals surface area contributed by atoms with Gasteiger partial charge in [-0.05, 0) is 12.8 Å². The fourth-order valence-corrected chi connectivity index (χ4v) is 4.82. The zero-order valence-electron chi connectivity index (χ0n) is 24.7. The van der Waals surface area contributed by atoms with Crippen molar-refractivity contribution >= 4 is 13.7 Å². The summed E-state index contributed by atoms with van der Waals surface area (Å²) in [6.07, 6.45) is 17.0. The Kier molecular flexibility index (Phi) is 22.0. The fraction of sp³-hybridized carbons (Fsp3) is 0.964. The zero-order chi connectivity index (χ0) is 28.0. The molecule has 2 N–H and O–H groups in total. The second-order valence-electron chi connectivity index (χ2n) is 11.5. The number of quaternary nitrogens is 1. The number of rotatable bonds is 26. The number of phosphoric acid groups is 1. The standard InChI is InChI=1S/C28H59N2O6P/c1-6-8-10-12-14-16-18-20-22-28(32)29-26(27(31)21-19-17-15-13-11-9-7-2)25-36-37(33,34)35-24-23-30(3,4)5/h26-27,31H,6-25H2,1-5H3,(H-,29,32,33,34). The Morgan fingerprint density at radius 2 is 1.32 bits per heavy atom. The summed E-state index contributed by atoms with van der Waals surface area (Å²) in [6.45, 7) is 4.59. The molecule has 37 heavy (non-hydrogen) atoms. The molecule has 8 nitrogen and oxygen atoms in total. The van der Waals surface area contributed by atoms with Crippen LogP contribution in [-0.2, 0) is 18.4 Å². The highest BCUT2D eigenvalue weighted by atomic mass is 31.2. The number of nitrogens with zero attached hydrogens (tertiary/aromatic N) is 1. The lowest BCUT2D eigenvalue weighted by Crippen LogP contribution is -2.46. The van der Waals surface area contributed by atoms with Gasteiger partial charge in [-0.15, -0.1) is 0 Å². The van der Waals surface area contributed by atoms with E-state index in [2.05, 4.69) is 19.2 Å². The minimum absolute atomic E-state index is 0.0142. The summed E-state index contributed by atoms with van der Waals surface area (Å²) in [5.74, 6) is -0.176. The first-order valence-corrected chi connectivity index (χ1v) is 16.3.